The standard InChI is InChI=1S/C12H21N3/c1-10-8-14-15(2)11(10)12(9-13)6-4-3-5-7-12/h8H,3-7,9,13H2,1-2H3. The van der Waals surface area contributed by atoms with E-state index in [1.54, 1.807) is 0 Å². The Morgan fingerprint density at radius 3 is 2.53 bits per heavy atom. The van der Waals surface area contributed by atoms with Crippen molar-refractivity contribution in [3.8, 4) is 0 Å². The monoisotopic (exact) mass is 207 g/mol. The molecule has 0 aromatic carbocycles. The van der Waals surface area contributed by atoms with E-state index in [1.807, 2.05) is 17.9 Å². The van der Waals surface area contributed by atoms with Crippen LogP contribution in [0.3, 0.4) is 0 Å². The predicted octanol–water partition coefficient (Wildman–Crippen LogP) is 1.89. The van der Waals surface area contributed by atoms with E-state index in [1.165, 1.54) is 43.4 Å². The van der Waals surface area contributed by atoms with Crippen molar-refractivity contribution < 1.29 is 0 Å². The minimum Gasteiger partial charge on any atom is -0.330 e. The zero-order valence-corrected chi connectivity index (χ0v) is 9.79. The first-order valence-electron chi connectivity index (χ1n) is 5.89. The van der Waals surface area contributed by atoms with E-state index in [-0.39, 0.29) is 5.41 Å². The van der Waals surface area contributed by atoms with Gasteiger partial charge in [-0.1, -0.05) is 19.3 Å². The van der Waals surface area contributed by atoms with Crippen LogP contribution >= 0.6 is 0 Å². The van der Waals surface area contributed by atoms with Crippen LogP contribution in [0.15, 0.2) is 6.20 Å². The van der Waals surface area contributed by atoms with Crippen molar-refractivity contribution in [2.45, 2.75) is 44.4 Å². The van der Waals surface area contributed by atoms with E-state index < -0.39 is 0 Å². The van der Waals surface area contributed by atoms with Gasteiger partial charge in [0.05, 0.1) is 6.20 Å². The lowest BCUT2D eigenvalue weighted by atomic mass is 9.71. The van der Waals surface area contributed by atoms with Crippen molar-refractivity contribution >= 4 is 0 Å². The van der Waals surface area contributed by atoms with Crippen LogP contribution in [0.1, 0.15) is 43.4 Å². The fraction of sp³-hybridized carbons (Fsp3) is 0.750. The lowest BCUT2D eigenvalue weighted by Gasteiger charge is -2.37. The van der Waals surface area contributed by atoms with Gasteiger partial charge in [-0.05, 0) is 25.3 Å². The summed E-state index contributed by atoms with van der Waals surface area (Å²) < 4.78 is 2.02. The van der Waals surface area contributed by atoms with Crippen LogP contribution in [-0.2, 0) is 12.5 Å². The predicted molar refractivity (Wildman–Crippen MR) is 61.8 cm³/mol. The summed E-state index contributed by atoms with van der Waals surface area (Å²) >= 11 is 0. The molecule has 3 nitrogen and oxygen atoms in total. The van der Waals surface area contributed by atoms with Crippen molar-refractivity contribution in [2.24, 2.45) is 12.8 Å². The molecule has 2 rings (SSSR count). The fourth-order valence-electron chi connectivity index (χ4n) is 3.07. The summed E-state index contributed by atoms with van der Waals surface area (Å²) in [7, 11) is 2.04. The summed E-state index contributed by atoms with van der Waals surface area (Å²) in [5, 5.41) is 4.35. The second-order valence-electron chi connectivity index (χ2n) is 4.84. The van der Waals surface area contributed by atoms with Crippen molar-refractivity contribution in [2.75, 3.05) is 6.54 Å². The number of aryl methyl sites for hydroxylation is 2. The second-order valence-corrected chi connectivity index (χ2v) is 4.84. The quantitative estimate of drug-likeness (QED) is 0.804. The van der Waals surface area contributed by atoms with Crippen molar-refractivity contribution in [1.82, 2.24) is 9.78 Å². The van der Waals surface area contributed by atoms with Gasteiger partial charge in [0.1, 0.15) is 0 Å². The molecule has 15 heavy (non-hydrogen) atoms. The molecule has 1 saturated carbocycles. The number of hydrogen-bond acceptors (Lipinski definition) is 2. The van der Waals surface area contributed by atoms with E-state index in [2.05, 4.69) is 12.0 Å². The zero-order chi connectivity index (χ0) is 10.9. The average Bonchev–Trinajstić information content (AvgIpc) is 2.60. The van der Waals surface area contributed by atoms with E-state index in [0.29, 0.717) is 0 Å². The largest absolute Gasteiger partial charge is 0.330 e. The molecule has 1 aliphatic carbocycles. The normalized spacial score (nSPS) is 20.5. The molecule has 0 aliphatic heterocycles. The summed E-state index contributed by atoms with van der Waals surface area (Å²) in [4.78, 5) is 0. The molecule has 2 N–H and O–H groups in total. The number of nitrogens with zero attached hydrogens (tertiary/aromatic N) is 2. The topological polar surface area (TPSA) is 43.8 Å². The van der Waals surface area contributed by atoms with Gasteiger partial charge in [-0.3, -0.25) is 4.68 Å². The van der Waals surface area contributed by atoms with Crippen LogP contribution < -0.4 is 5.73 Å². The minimum atomic E-state index is 0.202. The third kappa shape index (κ3) is 1.69. The lowest BCUT2D eigenvalue weighted by Crippen LogP contribution is -2.39. The van der Waals surface area contributed by atoms with Gasteiger partial charge >= 0.3 is 0 Å². The maximum Gasteiger partial charge on any atom is 0.0521 e. The van der Waals surface area contributed by atoms with Gasteiger partial charge in [0.15, 0.2) is 0 Å². The summed E-state index contributed by atoms with van der Waals surface area (Å²) in [5.74, 6) is 0. The maximum atomic E-state index is 6.03. The third-order valence-electron chi connectivity index (χ3n) is 3.83. The molecule has 84 valence electrons. The van der Waals surface area contributed by atoms with Crippen LogP contribution in [0.4, 0.5) is 0 Å². The average molecular weight is 207 g/mol. The molecule has 1 aliphatic rings. The van der Waals surface area contributed by atoms with Crippen LogP contribution in [0.25, 0.3) is 0 Å². The molecule has 1 aromatic rings. The first-order valence-corrected chi connectivity index (χ1v) is 5.89. The molecule has 3 heteroatoms. The molecule has 0 atom stereocenters. The Morgan fingerprint density at radius 2 is 2.07 bits per heavy atom. The summed E-state index contributed by atoms with van der Waals surface area (Å²) in [6.45, 7) is 2.90. The van der Waals surface area contributed by atoms with E-state index in [4.69, 9.17) is 5.73 Å². The SMILES string of the molecule is Cc1cnn(C)c1C1(CN)CCCCC1. The highest BCUT2D eigenvalue weighted by molar-refractivity contribution is 5.26. The summed E-state index contributed by atoms with van der Waals surface area (Å²) in [6.07, 6.45) is 8.39. The number of aromatic nitrogens is 2. The minimum absolute atomic E-state index is 0.202. The van der Waals surface area contributed by atoms with Gasteiger partial charge in [-0.25, -0.2) is 0 Å². The van der Waals surface area contributed by atoms with Gasteiger partial charge in [0, 0.05) is 24.7 Å². The molecule has 0 radical (unpaired) electrons. The highest BCUT2D eigenvalue weighted by Gasteiger charge is 2.36. The fourth-order valence-corrected chi connectivity index (χ4v) is 3.07. The van der Waals surface area contributed by atoms with Gasteiger partial charge in [0.25, 0.3) is 0 Å². The van der Waals surface area contributed by atoms with Crippen molar-refractivity contribution in [3.05, 3.63) is 17.5 Å². The molecule has 0 saturated heterocycles. The zero-order valence-electron chi connectivity index (χ0n) is 9.79. The molecular weight excluding hydrogens is 186 g/mol. The third-order valence-corrected chi connectivity index (χ3v) is 3.83. The second kappa shape index (κ2) is 3.97. The smallest absolute Gasteiger partial charge is 0.0521 e. The Bertz CT molecular complexity index is 315. The van der Waals surface area contributed by atoms with Crippen molar-refractivity contribution in [3.63, 3.8) is 0 Å². The number of rotatable bonds is 2. The molecule has 0 bridgehead atoms. The van der Waals surface area contributed by atoms with Gasteiger partial charge in [-0.2, -0.15) is 5.10 Å². The van der Waals surface area contributed by atoms with E-state index >= 15 is 0 Å². The first-order chi connectivity index (χ1) is 7.19. The Kier molecular flexibility index (Phi) is 2.83. The van der Waals surface area contributed by atoms with Crippen LogP contribution in [0.5, 0.6) is 0 Å². The molecule has 1 aromatic heterocycles. The van der Waals surface area contributed by atoms with Crippen LogP contribution in [0.2, 0.25) is 0 Å². The van der Waals surface area contributed by atoms with Gasteiger partial charge < -0.3 is 5.73 Å². The molecule has 0 amide bonds. The van der Waals surface area contributed by atoms with Gasteiger partial charge in [-0.15, -0.1) is 0 Å². The van der Waals surface area contributed by atoms with Crippen LogP contribution in [-0.4, -0.2) is 16.3 Å². The van der Waals surface area contributed by atoms with E-state index in [0.717, 1.165) is 6.54 Å². The molecule has 0 unspecified atom stereocenters. The maximum absolute atomic E-state index is 6.03. The Balaban J connectivity index is 2.40. The van der Waals surface area contributed by atoms with E-state index in [9.17, 15) is 0 Å². The molecule has 1 fully saturated rings. The Morgan fingerprint density at radius 1 is 1.40 bits per heavy atom. The highest BCUT2D eigenvalue weighted by atomic mass is 15.3. The lowest BCUT2D eigenvalue weighted by molar-refractivity contribution is 0.283. The van der Waals surface area contributed by atoms with Crippen molar-refractivity contribution in [1.29, 1.82) is 0 Å². The van der Waals surface area contributed by atoms with Gasteiger partial charge in [0.2, 0.25) is 0 Å². The number of hydrogen-bond donors (Lipinski definition) is 1. The first kappa shape index (κ1) is 10.7. The highest BCUT2D eigenvalue weighted by Crippen LogP contribution is 2.39. The molecule has 0 spiro atoms. The number of nitrogens with two attached hydrogens (primary N) is 1. The Hall–Kier alpha value is -0.830. The summed E-state index contributed by atoms with van der Waals surface area (Å²) in [5.41, 5.74) is 8.89. The Labute approximate surface area is 91.7 Å². The summed E-state index contributed by atoms with van der Waals surface area (Å²) in [6, 6.07) is 0. The molecule has 1 heterocycles. The molecular formula is C12H21N3. The van der Waals surface area contributed by atoms with Crippen LogP contribution in [0, 0.1) is 6.92 Å².